The molecule has 0 atom stereocenters. The van der Waals surface area contributed by atoms with E-state index in [4.69, 9.17) is 16.7 Å². The first kappa shape index (κ1) is 8.77. The van der Waals surface area contributed by atoms with Gasteiger partial charge in [0.05, 0.1) is 0 Å². The van der Waals surface area contributed by atoms with Crippen LogP contribution in [0.3, 0.4) is 0 Å². The van der Waals surface area contributed by atoms with Crippen LogP contribution < -0.4 is 16.8 Å². The van der Waals surface area contributed by atoms with Crippen LogP contribution in [-0.4, -0.2) is 18.1 Å². The fourth-order valence-corrected chi connectivity index (χ4v) is 1.37. The molecule has 0 aliphatic carbocycles. The Bertz CT molecular complexity index is 299. The topological polar surface area (TPSA) is 101 Å². The molecule has 0 saturated heterocycles. The van der Waals surface area contributed by atoms with Gasteiger partial charge in [-0.2, -0.15) is 5.26 Å². The van der Waals surface area contributed by atoms with Crippen molar-refractivity contribution < 1.29 is 0 Å². The van der Waals surface area contributed by atoms with Gasteiger partial charge in [-0.1, -0.05) is 11.3 Å². The molecule has 64 valence electrons. The van der Waals surface area contributed by atoms with Crippen molar-refractivity contribution in [2.45, 2.75) is 0 Å². The molecule has 1 rings (SSSR count). The van der Waals surface area contributed by atoms with Gasteiger partial charge in [-0.15, -0.1) is 0 Å². The number of nitrogen functional groups attached to an aromatic ring is 1. The molecule has 12 heavy (non-hydrogen) atoms. The normalized spacial score (nSPS) is 9.33. The highest BCUT2D eigenvalue weighted by Gasteiger charge is 2.05. The monoisotopic (exact) mass is 183 g/mol. The number of nitrogens with two attached hydrogens (primary N) is 2. The quantitative estimate of drug-likeness (QED) is 0.610. The first-order valence-electron chi connectivity index (χ1n) is 3.38. The van der Waals surface area contributed by atoms with E-state index in [1.807, 2.05) is 6.07 Å². The predicted molar refractivity (Wildman–Crippen MR) is 48.8 cm³/mol. The number of anilines is 2. The zero-order valence-corrected chi connectivity index (χ0v) is 7.19. The molecule has 1 aromatic heterocycles. The van der Waals surface area contributed by atoms with Crippen LogP contribution in [0, 0.1) is 11.3 Å². The second-order valence-corrected chi connectivity index (χ2v) is 3.06. The third-order valence-electron chi connectivity index (χ3n) is 1.18. The Labute approximate surface area is 74.0 Å². The zero-order valence-electron chi connectivity index (χ0n) is 6.37. The number of aromatic nitrogens is 1. The highest BCUT2D eigenvalue weighted by Crippen LogP contribution is 2.23. The van der Waals surface area contributed by atoms with Gasteiger partial charge in [-0.05, 0) is 0 Å². The maximum atomic E-state index is 8.55. The van der Waals surface area contributed by atoms with E-state index in [0.717, 1.165) is 0 Å². The molecule has 5 nitrogen and oxygen atoms in total. The van der Waals surface area contributed by atoms with E-state index in [2.05, 4.69) is 10.3 Å². The van der Waals surface area contributed by atoms with Crippen molar-refractivity contribution in [2.24, 2.45) is 5.73 Å². The van der Waals surface area contributed by atoms with E-state index in [1.165, 1.54) is 11.3 Å². The Hall–Kier alpha value is -1.32. The second-order valence-electron chi connectivity index (χ2n) is 2.06. The minimum atomic E-state index is 0.280. The van der Waals surface area contributed by atoms with Gasteiger partial charge in [0.1, 0.15) is 10.9 Å². The van der Waals surface area contributed by atoms with Crippen molar-refractivity contribution in [3.63, 3.8) is 0 Å². The van der Waals surface area contributed by atoms with Gasteiger partial charge < -0.3 is 16.8 Å². The number of nitrogens with one attached hydrogen (secondary N) is 1. The van der Waals surface area contributed by atoms with E-state index in [1.54, 1.807) is 0 Å². The van der Waals surface area contributed by atoms with Crippen LogP contribution in [0.15, 0.2) is 0 Å². The first-order chi connectivity index (χ1) is 5.77. The summed E-state index contributed by atoms with van der Waals surface area (Å²) < 4.78 is 0. The van der Waals surface area contributed by atoms with Crippen LogP contribution in [-0.2, 0) is 0 Å². The maximum absolute atomic E-state index is 8.55. The van der Waals surface area contributed by atoms with Gasteiger partial charge in [0.15, 0.2) is 10.9 Å². The van der Waals surface area contributed by atoms with Crippen LogP contribution in [0.4, 0.5) is 10.9 Å². The van der Waals surface area contributed by atoms with Crippen LogP contribution in [0.5, 0.6) is 0 Å². The Morgan fingerprint density at radius 2 is 2.42 bits per heavy atom. The molecule has 0 aliphatic rings. The van der Waals surface area contributed by atoms with E-state index >= 15 is 0 Å². The molecule has 0 aromatic carbocycles. The molecular formula is C6H9N5S. The van der Waals surface area contributed by atoms with Crippen molar-refractivity contribution >= 4 is 22.3 Å². The van der Waals surface area contributed by atoms with Gasteiger partial charge in [-0.3, -0.25) is 0 Å². The number of nitrogens with zero attached hydrogens (tertiary/aromatic N) is 2. The molecule has 0 aliphatic heterocycles. The fraction of sp³-hybridized carbons (Fsp3) is 0.333. The number of thiazole rings is 1. The molecular weight excluding hydrogens is 174 g/mol. The van der Waals surface area contributed by atoms with Gasteiger partial charge in [0.2, 0.25) is 0 Å². The van der Waals surface area contributed by atoms with E-state index in [0.29, 0.717) is 23.1 Å². The average Bonchev–Trinajstić information content (AvgIpc) is 2.43. The van der Waals surface area contributed by atoms with Gasteiger partial charge in [-0.25, -0.2) is 4.98 Å². The lowest BCUT2D eigenvalue weighted by Crippen LogP contribution is -2.12. The average molecular weight is 183 g/mol. The lowest BCUT2D eigenvalue weighted by molar-refractivity contribution is 1.02. The number of nitriles is 1. The first-order valence-corrected chi connectivity index (χ1v) is 4.20. The molecule has 0 amide bonds. The number of hydrogen-bond acceptors (Lipinski definition) is 6. The van der Waals surface area contributed by atoms with E-state index in [9.17, 15) is 0 Å². The molecule has 6 heteroatoms. The van der Waals surface area contributed by atoms with Crippen LogP contribution in [0.2, 0.25) is 0 Å². The predicted octanol–water partition coefficient (Wildman–Crippen LogP) is -0.0324. The minimum Gasteiger partial charge on any atom is -0.382 e. The molecule has 5 N–H and O–H groups in total. The number of rotatable bonds is 3. The lowest BCUT2D eigenvalue weighted by atomic mass is 10.5. The highest BCUT2D eigenvalue weighted by atomic mass is 32.1. The largest absolute Gasteiger partial charge is 0.382 e. The maximum Gasteiger partial charge on any atom is 0.186 e. The third-order valence-corrected chi connectivity index (χ3v) is 2.11. The summed E-state index contributed by atoms with van der Waals surface area (Å²) in [6, 6.07) is 1.95. The Kier molecular flexibility index (Phi) is 2.85. The summed E-state index contributed by atoms with van der Waals surface area (Å²) in [7, 11) is 0. The highest BCUT2D eigenvalue weighted by molar-refractivity contribution is 7.16. The summed E-state index contributed by atoms with van der Waals surface area (Å²) in [5, 5.41) is 12.1. The van der Waals surface area contributed by atoms with Crippen LogP contribution >= 0.6 is 11.3 Å². The summed E-state index contributed by atoms with van der Waals surface area (Å²) in [5.41, 5.74) is 10.7. The summed E-state index contributed by atoms with van der Waals surface area (Å²) in [4.78, 5) is 4.37. The van der Waals surface area contributed by atoms with Crippen LogP contribution in [0.25, 0.3) is 0 Å². The molecule has 0 unspecified atom stereocenters. The molecule has 0 spiro atoms. The third kappa shape index (κ3) is 1.84. The molecule has 0 bridgehead atoms. The van der Waals surface area contributed by atoms with Crippen molar-refractivity contribution in [3.05, 3.63) is 4.88 Å². The van der Waals surface area contributed by atoms with Crippen molar-refractivity contribution in [1.29, 1.82) is 5.26 Å². The fourth-order valence-electron chi connectivity index (χ4n) is 0.667. The second kappa shape index (κ2) is 3.90. The van der Waals surface area contributed by atoms with Gasteiger partial charge >= 0.3 is 0 Å². The lowest BCUT2D eigenvalue weighted by Gasteiger charge is -1.95. The Balaban J connectivity index is 2.70. The molecule has 1 aromatic rings. The summed E-state index contributed by atoms with van der Waals surface area (Å²) in [6.07, 6.45) is 0. The molecule has 0 fully saturated rings. The summed E-state index contributed by atoms with van der Waals surface area (Å²) in [5.74, 6) is 0.280. The minimum absolute atomic E-state index is 0.280. The van der Waals surface area contributed by atoms with Crippen molar-refractivity contribution in [3.8, 4) is 6.07 Å². The Morgan fingerprint density at radius 3 is 2.92 bits per heavy atom. The SMILES string of the molecule is N#Cc1sc(NCCN)nc1N. The van der Waals surface area contributed by atoms with Crippen molar-refractivity contribution in [2.75, 3.05) is 24.1 Å². The van der Waals surface area contributed by atoms with E-state index < -0.39 is 0 Å². The number of hydrogen-bond donors (Lipinski definition) is 3. The van der Waals surface area contributed by atoms with E-state index in [-0.39, 0.29) is 5.82 Å². The Morgan fingerprint density at radius 1 is 1.67 bits per heavy atom. The van der Waals surface area contributed by atoms with Gasteiger partial charge in [0.25, 0.3) is 0 Å². The standard InChI is InChI=1S/C6H9N5S/c7-1-2-10-6-11-5(9)4(3-8)12-6/h1-2,7,9H2,(H,10,11). The molecule has 1 heterocycles. The summed E-state index contributed by atoms with van der Waals surface area (Å²) >= 11 is 1.24. The molecule has 0 saturated carbocycles. The zero-order chi connectivity index (χ0) is 8.97. The summed E-state index contributed by atoms with van der Waals surface area (Å²) in [6.45, 7) is 1.17. The van der Waals surface area contributed by atoms with Crippen molar-refractivity contribution in [1.82, 2.24) is 4.98 Å². The molecule has 0 radical (unpaired) electrons. The van der Waals surface area contributed by atoms with Crippen LogP contribution in [0.1, 0.15) is 4.88 Å². The smallest absolute Gasteiger partial charge is 0.186 e. The van der Waals surface area contributed by atoms with Gasteiger partial charge in [0, 0.05) is 13.1 Å².